The molecule has 2 rings (SSSR count). The van der Waals surface area contributed by atoms with Crippen molar-refractivity contribution >= 4 is 41.3 Å². The van der Waals surface area contributed by atoms with Crippen LogP contribution in [0, 0.1) is 6.92 Å². The third-order valence-corrected chi connectivity index (χ3v) is 3.83. The number of nitrogens with zero attached hydrogens (tertiary/aromatic N) is 3. The molecule has 6 heteroatoms. The molecule has 0 saturated heterocycles. The highest BCUT2D eigenvalue weighted by Crippen LogP contribution is 2.20. The molecule has 4 nitrogen and oxygen atoms in total. The van der Waals surface area contributed by atoms with Crippen LogP contribution in [0.3, 0.4) is 0 Å². The fourth-order valence-corrected chi connectivity index (χ4v) is 2.48. The minimum absolute atomic E-state index is 0. The number of hydrogen-bond acceptors (Lipinski definition) is 5. The van der Waals surface area contributed by atoms with Crippen molar-refractivity contribution in [3.05, 3.63) is 16.1 Å². The van der Waals surface area contributed by atoms with Crippen LogP contribution in [0.4, 0.5) is 0 Å². The molecule has 0 saturated carbocycles. The molecule has 0 spiro atoms. The van der Waals surface area contributed by atoms with Gasteiger partial charge in [0.25, 0.3) is 0 Å². The summed E-state index contributed by atoms with van der Waals surface area (Å²) in [5, 5.41) is 4.58. The number of aryl methyl sites for hydroxylation is 1. The lowest BCUT2D eigenvalue weighted by molar-refractivity contribution is 0.529. The summed E-state index contributed by atoms with van der Waals surface area (Å²) in [6.45, 7) is 7.11. The van der Waals surface area contributed by atoms with E-state index in [0.29, 0.717) is 5.92 Å². The van der Waals surface area contributed by atoms with Gasteiger partial charge in [0.05, 0.1) is 11.6 Å². The Balaban J connectivity index is 0.00000144. The first-order chi connectivity index (χ1) is 7.66. The molecule has 17 heavy (non-hydrogen) atoms. The Kier molecular flexibility index (Phi) is 5.64. The molecular formula is C11H19IN4S. The summed E-state index contributed by atoms with van der Waals surface area (Å²) in [7, 11) is 2.07. The van der Waals surface area contributed by atoms with Crippen molar-refractivity contribution in [3.8, 4) is 0 Å². The predicted octanol–water partition coefficient (Wildman–Crippen LogP) is 2.06. The second-order valence-corrected chi connectivity index (χ2v) is 5.48. The van der Waals surface area contributed by atoms with Crippen LogP contribution in [-0.2, 0) is 0 Å². The van der Waals surface area contributed by atoms with Crippen LogP contribution in [0.5, 0.6) is 0 Å². The zero-order valence-electron chi connectivity index (χ0n) is 10.4. The minimum Gasteiger partial charge on any atom is -0.356 e. The summed E-state index contributed by atoms with van der Waals surface area (Å²) >= 11 is 1.77. The monoisotopic (exact) mass is 366 g/mol. The first kappa shape index (κ1) is 14.7. The summed E-state index contributed by atoms with van der Waals surface area (Å²) in [5.74, 6) is 1.45. The third kappa shape index (κ3) is 3.80. The van der Waals surface area contributed by atoms with E-state index in [1.165, 1.54) is 9.88 Å². The number of thiazole rings is 1. The van der Waals surface area contributed by atoms with Gasteiger partial charge in [-0.3, -0.25) is 4.99 Å². The van der Waals surface area contributed by atoms with Crippen molar-refractivity contribution in [2.45, 2.75) is 19.8 Å². The standard InChI is InChI=1S/C11H18N4S.HI/c1-8(10-13-7-9(2)16-10)6-14-11-12-4-5-15(11)3;/h7-8H,4-6H2,1-3H3,(H,12,14);1H. The number of aliphatic imine (C=N–C) groups is 1. The van der Waals surface area contributed by atoms with E-state index < -0.39 is 0 Å². The van der Waals surface area contributed by atoms with Crippen LogP contribution in [0.15, 0.2) is 11.2 Å². The van der Waals surface area contributed by atoms with Crippen LogP contribution in [-0.4, -0.2) is 42.5 Å². The van der Waals surface area contributed by atoms with Gasteiger partial charge in [0, 0.05) is 37.1 Å². The van der Waals surface area contributed by atoms with Crippen LogP contribution >= 0.6 is 35.3 Å². The molecule has 2 heterocycles. The zero-order valence-corrected chi connectivity index (χ0v) is 13.6. The van der Waals surface area contributed by atoms with Gasteiger partial charge in [0.15, 0.2) is 5.96 Å². The van der Waals surface area contributed by atoms with Gasteiger partial charge in [-0.05, 0) is 6.92 Å². The van der Waals surface area contributed by atoms with Gasteiger partial charge in [-0.15, -0.1) is 35.3 Å². The Morgan fingerprint density at radius 3 is 2.88 bits per heavy atom. The van der Waals surface area contributed by atoms with Crippen molar-refractivity contribution in [1.82, 2.24) is 15.2 Å². The maximum atomic E-state index is 4.40. The number of aromatic nitrogens is 1. The number of guanidine groups is 1. The smallest absolute Gasteiger partial charge is 0.193 e. The van der Waals surface area contributed by atoms with Crippen molar-refractivity contribution in [3.63, 3.8) is 0 Å². The van der Waals surface area contributed by atoms with Gasteiger partial charge in [0.1, 0.15) is 0 Å². The van der Waals surface area contributed by atoms with E-state index >= 15 is 0 Å². The Bertz CT molecular complexity index is 391. The molecular weight excluding hydrogens is 347 g/mol. The van der Waals surface area contributed by atoms with Crippen LogP contribution in [0.1, 0.15) is 22.7 Å². The quantitative estimate of drug-likeness (QED) is 0.833. The van der Waals surface area contributed by atoms with E-state index in [4.69, 9.17) is 0 Å². The number of hydrogen-bond donors (Lipinski definition) is 1. The van der Waals surface area contributed by atoms with Crippen molar-refractivity contribution in [2.75, 3.05) is 26.7 Å². The minimum atomic E-state index is 0. The lowest BCUT2D eigenvalue weighted by atomic mass is 10.2. The normalized spacial score (nSPS) is 16.4. The fourth-order valence-electron chi connectivity index (χ4n) is 1.66. The molecule has 1 aromatic rings. The van der Waals surface area contributed by atoms with Gasteiger partial charge < -0.3 is 10.2 Å². The molecule has 1 unspecified atom stereocenters. The zero-order chi connectivity index (χ0) is 11.5. The lowest BCUT2D eigenvalue weighted by Gasteiger charge is -2.17. The van der Waals surface area contributed by atoms with E-state index in [1.54, 1.807) is 11.3 Å². The molecule has 0 fully saturated rings. The maximum absolute atomic E-state index is 4.40. The second-order valence-electron chi connectivity index (χ2n) is 4.22. The topological polar surface area (TPSA) is 40.5 Å². The number of likely N-dealkylation sites (N-methyl/N-ethyl adjacent to an activating group) is 1. The molecule has 0 amide bonds. The molecule has 1 N–H and O–H groups in total. The van der Waals surface area contributed by atoms with Crippen LogP contribution < -0.4 is 5.32 Å². The summed E-state index contributed by atoms with van der Waals surface area (Å²) in [4.78, 5) is 12.2. The summed E-state index contributed by atoms with van der Waals surface area (Å²) < 4.78 is 0. The highest BCUT2D eigenvalue weighted by Gasteiger charge is 2.14. The average molecular weight is 366 g/mol. The van der Waals surface area contributed by atoms with Crippen LogP contribution in [0.25, 0.3) is 0 Å². The van der Waals surface area contributed by atoms with Crippen molar-refractivity contribution < 1.29 is 0 Å². The molecule has 1 aliphatic rings. The van der Waals surface area contributed by atoms with Crippen LogP contribution in [0.2, 0.25) is 0 Å². The van der Waals surface area contributed by atoms with E-state index in [-0.39, 0.29) is 24.0 Å². The van der Waals surface area contributed by atoms with Gasteiger partial charge >= 0.3 is 0 Å². The number of halogens is 1. The van der Waals surface area contributed by atoms with Gasteiger partial charge in [0.2, 0.25) is 0 Å². The Labute approximate surface area is 124 Å². The molecule has 96 valence electrons. The molecule has 0 aromatic carbocycles. The van der Waals surface area contributed by atoms with Gasteiger partial charge in [-0.1, -0.05) is 6.92 Å². The molecule has 0 radical (unpaired) electrons. The molecule has 1 aromatic heterocycles. The Hall–Kier alpha value is -0.370. The largest absolute Gasteiger partial charge is 0.356 e. The highest BCUT2D eigenvalue weighted by molar-refractivity contribution is 14.0. The fraction of sp³-hybridized carbons (Fsp3) is 0.636. The lowest BCUT2D eigenvalue weighted by Crippen LogP contribution is -2.37. The Morgan fingerprint density at radius 1 is 1.59 bits per heavy atom. The second kappa shape index (κ2) is 6.53. The summed E-state index contributed by atoms with van der Waals surface area (Å²) in [6.07, 6.45) is 1.94. The summed E-state index contributed by atoms with van der Waals surface area (Å²) in [6, 6.07) is 0. The van der Waals surface area contributed by atoms with E-state index in [1.807, 2.05) is 6.20 Å². The Morgan fingerprint density at radius 2 is 2.35 bits per heavy atom. The number of rotatable bonds is 3. The molecule has 0 aliphatic carbocycles. The van der Waals surface area contributed by atoms with E-state index in [2.05, 4.69) is 41.1 Å². The van der Waals surface area contributed by atoms with Crippen molar-refractivity contribution in [2.24, 2.45) is 4.99 Å². The number of nitrogens with one attached hydrogen (secondary N) is 1. The molecule has 0 bridgehead atoms. The van der Waals surface area contributed by atoms with Gasteiger partial charge in [-0.25, -0.2) is 4.98 Å². The summed E-state index contributed by atoms with van der Waals surface area (Å²) in [5.41, 5.74) is 0. The van der Waals surface area contributed by atoms with E-state index in [9.17, 15) is 0 Å². The first-order valence-corrected chi connectivity index (χ1v) is 6.40. The average Bonchev–Trinajstić information content (AvgIpc) is 2.84. The highest BCUT2D eigenvalue weighted by atomic mass is 127. The predicted molar refractivity (Wildman–Crippen MR) is 83.6 cm³/mol. The van der Waals surface area contributed by atoms with E-state index in [0.717, 1.165) is 25.6 Å². The maximum Gasteiger partial charge on any atom is 0.193 e. The van der Waals surface area contributed by atoms with Gasteiger partial charge in [-0.2, -0.15) is 0 Å². The SMILES string of the molecule is Cc1cnc(C(C)CNC2=NCCN2C)s1.I. The third-order valence-electron chi connectivity index (χ3n) is 2.69. The molecule has 1 atom stereocenters. The van der Waals surface area contributed by atoms with Crippen molar-refractivity contribution in [1.29, 1.82) is 0 Å². The molecule has 1 aliphatic heterocycles. The first-order valence-electron chi connectivity index (χ1n) is 5.58.